The van der Waals surface area contributed by atoms with Gasteiger partial charge in [-0.25, -0.2) is 4.79 Å². The standard InChI is InChI=1S/C29H24O10/c1-34-21-13-23(36-3)22(35-2)10-15(21)11-24-28(33)17-8-9-20-27(29(17)39-24)18(12-26(32)38-20)16-6-4-5-7-19(16)37-14-25(30)31/h4-11,13,18H,12,14H2,1-3H3,(H,30,31)/b24-11-/t18-/m1/s1. The molecule has 2 aliphatic heterocycles. The van der Waals surface area contributed by atoms with E-state index in [1.165, 1.54) is 21.3 Å². The van der Waals surface area contributed by atoms with Crippen molar-refractivity contribution in [2.24, 2.45) is 0 Å². The second kappa shape index (κ2) is 10.4. The molecular formula is C29H24O10. The largest absolute Gasteiger partial charge is 0.496 e. The van der Waals surface area contributed by atoms with Crippen LogP contribution >= 0.6 is 0 Å². The molecule has 0 aromatic heterocycles. The van der Waals surface area contributed by atoms with Gasteiger partial charge < -0.3 is 33.5 Å². The molecule has 10 heteroatoms. The van der Waals surface area contributed by atoms with Crippen LogP contribution in [0.3, 0.4) is 0 Å². The molecule has 0 aliphatic carbocycles. The van der Waals surface area contributed by atoms with Crippen molar-refractivity contribution in [3.63, 3.8) is 0 Å². The number of benzene rings is 3. The van der Waals surface area contributed by atoms with Crippen molar-refractivity contribution in [3.8, 4) is 34.5 Å². The molecule has 3 aromatic rings. The number of methoxy groups -OCH3 is 3. The van der Waals surface area contributed by atoms with Crippen LogP contribution < -0.4 is 28.4 Å². The van der Waals surface area contributed by atoms with Crippen LogP contribution in [0.1, 0.15) is 39.4 Å². The topological polar surface area (TPSA) is 127 Å². The van der Waals surface area contributed by atoms with Gasteiger partial charge in [0.25, 0.3) is 0 Å². The van der Waals surface area contributed by atoms with Crippen molar-refractivity contribution in [1.29, 1.82) is 0 Å². The zero-order valence-corrected chi connectivity index (χ0v) is 21.3. The van der Waals surface area contributed by atoms with Crippen molar-refractivity contribution in [1.82, 2.24) is 0 Å². The minimum atomic E-state index is -1.14. The molecule has 200 valence electrons. The first kappa shape index (κ1) is 25.7. The van der Waals surface area contributed by atoms with Gasteiger partial charge in [0, 0.05) is 28.7 Å². The molecular weight excluding hydrogens is 508 g/mol. The van der Waals surface area contributed by atoms with Crippen molar-refractivity contribution < 1.29 is 47.9 Å². The number of esters is 1. The summed E-state index contributed by atoms with van der Waals surface area (Å²) in [6, 6.07) is 13.2. The molecule has 5 rings (SSSR count). The highest BCUT2D eigenvalue weighted by molar-refractivity contribution is 6.15. The maximum absolute atomic E-state index is 13.4. The molecule has 0 saturated heterocycles. The molecule has 0 bridgehead atoms. The predicted octanol–water partition coefficient (Wildman–Crippen LogP) is 4.23. The lowest BCUT2D eigenvalue weighted by Crippen LogP contribution is -2.22. The smallest absolute Gasteiger partial charge is 0.341 e. The van der Waals surface area contributed by atoms with Crippen LogP contribution in [-0.4, -0.2) is 50.8 Å². The second-order valence-electron chi connectivity index (χ2n) is 8.69. The number of carbonyl (C=O) groups excluding carboxylic acids is 2. The van der Waals surface area contributed by atoms with E-state index in [2.05, 4.69) is 0 Å². The molecule has 1 N–H and O–H groups in total. The van der Waals surface area contributed by atoms with Crippen LogP contribution in [0, 0.1) is 0 Å². The third kappa shape index (κ3) is 4.72. The van der Waals surface area contributed by atoms with Gasteiger partial charge in [-0.05, 0) is 30.3 Å². The number of aliphatic carboxylic acids is 1. The van der Waals surface area contributed by atoms with Crippen LogP contribution in [-0.2, 0) is 9.59 Å². The highest BCUT2D eigenvalue weighted by atomic mass is 16.5. The first-order valence-electron chi connectivity index (χ1n) is 11.9. The molecule has 0 unspecified atom stereocenters. The average Bonchev–Trinajstić information content (AvgIpc) is 3.25. The quantitative estimate of drug-likeness (QED) is 0.256. The summed E-state index contributed by atoms with van der Waals surface area (Å²) in [4.78, 5) is 37.1. The van der Waals surface area contributed by atoms with E-state index in [-0.39, 0.29) is 29.5 Å². The molecule has 39 heavy (non-hydrogen) atoms. The third-order valence-electron chi connectivity index (χ3n) is 6.45. The SMILES string of the molecule is COc1cc(OC)c(OC)cc1/C=C1\Oc2c(ccc3c2[C@@H](c2ccccc2OCC(=O)O)CC(=O)O3)C1=O. The first-order valence-corrected chi connectivity index (χ1v) is 11.9. The van der Waals surface area contributed by atoms with Crippen LogP contribution in [0.15, 0.2) is 54.3 Å². The molecule has 3 aromatic carbocycles. The van der Waals surface area contributed by atoms with E-state index in [0.29, 0.717) is 45.3 Å². The zero-order valence-electron chi connectivity index (χ0n) is 21.3. The summed E-state index contributed by atoms with van der Waals surface area (Å²) < 4.78 is 33.3. The Bertz CT molecular complexity index is 1520. The number of fused-ring (bicyclic) bond motifs is 3. The Morgan fingerprint density at radius 2 is 1.67 bits per heavy atom. The Balaban J connectivity index is 1.60. The van der Waals surface area contributed by atoms with E-state index in [0.717, 1.165) is 0 Å². The fraction of sp³-hybridized carbons (Fsp3) is 0.207. The molecule has 0 spiro atoms. The molecule has 2 aliphatic rings. The van der Waals surface area contributed by atoms with Crippen molar-refractivity contribution in [3.05, 3.63) is 76.5 Å². The Hall–Kier alpha value is -4.99. The van der Waals surface area contributed by atoms with Crippen LogP contribution in [0.5, 0.6) is 34.5 Å². The molecule has 0 saturated carbocycles. The summed E-state index contributed by atoms with van der Waals surface area (Å²) in [6.45, 7) is -0.553. The number of allylic oxidation sites excluding steroid dienone is 1. The lowest BCUT2D eigenvalue weighted by atomic mass is 9.84. The van der Waals surface area contributed by atoms with E-state index >= 15 is 0 Å². The Labute approximate surface area is 223 Å². The lowest BCUT2D eigenvalue weighted by Gasteiger charge is -2.27. The Morgan fingerprint density at radius 1 is 0.949 bits per heavy atom. The Morgan fingerprint density at radius 3 is 2.38 bits per heavy atom. The van der Waals surface area contributed by atoms with Gasteiger partial charge in [-0.3, -0.25) is 9.59 Å². The zero-order chi connectivity index (χ0) is 27.7. The number of rotatable bonds is 8. The van der Waals surface area contributed by atoms with E-state index in [1.807, 2.05) is 0 Å². The van der Waals surface area contributed by atoms with Gasteiger partial charge in [0.15, 0.2) is 23.9 Å². The third-order valence-corrected chi connectivity index (χ3v) is 6.45. The molecule has 0 radical (unpaired) electrons. The number of hydrogen-bond donors (Lipinski definition) is 1. The van der Waals surface area contributed by atoms with Gasteiger partial charge in [0.2, 0.25) is 5.78 Å². The average molecular weight is 533 g/mol. The summed E-state index contributed by atoms with van der Waals surface area (Å²) in [5, 5.41) is 9.10. The van der Waals surface area contributed by atoms with Crippen molar-refractivity contribution >= 4 is 23.8 Å². The Kier molecular flexibility index (Phi) is 6.84. The number of para-hydroxylation sites is 1. The van der Waals surface area contributed by atoms with Crippen LogP contribution in [0.25, 0.3) is 6.08 Å². The summed E-state index contributed by atoms with van der Waals surface area (Å²) in [6.07, 6.45) is 1.49. The molecule has 0 amide bonds. The highest BCUT2D eigenvalue weighted by Crippen LogP contribution is 2.50. The van der Waals surface area contributed by atoms with Gasteiger partial charge in [-0.1, -0.05) is 18.2 Å². The summed E-state index contributed by atoms with van der Waals surface area (Å²) in [5.41, 5.74) is 1.89. The van der Waals surface area contributed by atoms with Gasteiger partial charge in [0.1, 0.15) is 23.0 Å². The number of Topliss-reactive ketones (excluding diaryl/α,β-unsaturated/α-hetero) is 1. The van der Waals surface area contributed by atoms with Gasteiger partial charge in [-0.2, -0.15) is 0 Å². The fourth-order valence-corrected chi connectivity index (χ4v) is 4.72. The summed E-state index contributed by atoms with van der Waals surface area (Å²) in [7, 11) is 4.50. The number of carbonyl (C=O) groups is 3. The first-order chi connectivity index (χ1) is 18.8. The molecule has 1 atom stereocenters. The normalized spacial score (nSPS) is 16.6. The maximum Gasteiger partial charge on any atom is 0.341 e. The van der Waals surface area contributed by atoms with Gasteiger partial charge in [0.05, 0.1) is 33.3 Å². The summed E-state index contributed by atoms with van der Waals surface area (Å²) >= 11 is 0. The number of carboxylic acid groups (broad SMARTS) is 1. The van der Waals surface area contributed by atoms with Gasteiger partial charge >= 0.3 is 11.9 Å². The molecule has 2 heterocycles. The lowest BCUT2D eigenvalue weighted by molar-refractivity contribution is -0.139. The summed E-state index contributed by atoms with van der Waals surface area (Å²) in [5.74, 6) is -0.399. The van der Waals surface area contributed by atoms with E-state index in [1.54, 1.807) is 54.6 Å². The fourth-order valence-electron chi connectivity index (χ4n) is 4.72. The predicted molar refractivity (Wildman–Crippen MR) is 137 cm³/mol. The number of ether oxygens (including phenoxy) is 6. The van der Waals surface area contributed by atoms with Crippen LogP contribution in [0.2, 0.25) is 0 Å². The van der Waals surface area contributed by atoms with Gasteiger partial charge in [-0.15, -0.1) is 0 Å². The second-order valence-corrected chi connectivity index (χ2v) is 8.69. The van der Waals surface area contributed by atoms with Crippen LogP contribution in [0.4, 0.5) is 0 Å². The van der Waals surface area contributed by atoms with E-state index in [9.17, 15) is 14.4 Å². The molecule has 10 nitrogen and oxygen atoms in total. The number of ketones is 1. The number of hydrogen-bond acceptors (Lipinski definition) is 9. The van der Waals surface area contributed by atoms with Crippen molar-refractivity contribution in [2.75, 3.05) is 27.9 Å². The maximum atomic E-state index is 13.4. The minimum Gasteiger partial charge on any atom is -0.496 e. The van der Waals surface area contributed by atoms with E-state index in [4.69, 9.17) is 33.5 Å². The number of carboxylic acids is 1. The monoisotopic (exact) mass is 532 g/mol. The molecule has 0 fully saturated rings. The van der Waals surface area contributed by atoms with E-state index < -0.39 is 24.5 Å². The minimum absolute atomic E-state index is 0.0370. The highest BCUT2D eigenvalue weighted by Gasteiger charge is 2.39. The van der Waals surface area contributed by atoms with Crippen molar-refractivity contribution in [2.45, 2.75) is 12.3 Å².